The molecule has 4 nitrogen and oxygen atoms in total. The van der Waals surface area contributed by atoms with Crippen molar-refractivity contribution >= 4 is 10.0 Å². The molecule has 16 heavy (non-hydrogen) atoms. The van der Waals surface area contributed by atoms with E-state index in [1.807, 2.05) is 0 Å². The minimum atomic E-state index is -4.60. The van der Waals surface area contributed by atoms with Crippen LogP contribution >= 0.6 is 0 Å². The molecular formula is C8H11F3N2O2S. The number of nitrogens with zero attached hydrogens (tertiary/aromatic N) is 1. The molecule has 92 valence electrons. The van der Waals surface area contributed by atoms with Gasteiger partial charge in [0.15, 0.2) is 5.25 Å². The molecule has 1 rings (SSSR count). The molecule has 1 saturated carbocycles. The van der Waals surface area contributed by atoms with Crippen molar-refractivity contribution in [3.05, 3.63) is 0 Å². The lowest BCUT2D eigenvalue weighted by atomic mass is 10.3. The SMILES string of the molecule is CCC(C#N)S(=O)(=O)NC1(C(F)(F)F)CC1. The third-order valence-electron chi connectivity index (χ3n) is 2.52. The number of hydrogen-bond acceptors (Lipinski definition) is 3. The van der Waals surface area contributed by atoms with Crippen molar-refractivity contribution in [2.45, 2.75) is 43.2 Å². The molecule has 8 heteroatoms. The highest BCUT2D eigenvalue weighted by molar-refractivity contribution is 7.90. The predicted octanol–water partition coefficient (Wildman–Crippen LogP) is 1.30. The summed E-state index contributed by atoms with van der Waals surface area (Å²) < 4.78 is 62.0. The van der Waals surface area contributed by atoms with Crippen LogP contribution in [0, 0.1) is 11.3 Å². The van der Waals surface area contributed by atoms with Gasteiger partial charge in [-0.3, -0.25) is 0 Å². The van der Waals surface area contributed by atoms with Gasteiger partial charge < -0.3 is 0 Å². The zero-order valence-electron chi connectivity index (χ0n) is 8.50. The molecule has 1 unspecified atom stereocenters. The first-order valence-electron chi connectivity index (χ1n) is 4.67. The molecular weight excluding hydrogens is 245 g/mol. The fraction of sp³-hybridized carbons (Fsp3) is 0.875. The van der Waals surface area contributed by atoms with Crippen molar-refractivity contribution in [1.82, 2.24) is 4.72 Å². The largest absolute Gasteiger partial charge is 0.407 e. The number of nitriles is 1. The zero-order valence-corrected chi connectivity index (χ0v) is 9.32. The van der Waals surface area contributed by atoms with Crippen molar-refractivity contribution in [3.63, 3.8) is 0 Å². The summed E-state index contributed by atoms with van der Waals surface area (Å²) in [5, 5.41) is 7.09. The highest BCUT2D eigenvalue weighted by atomic mass is 32.2. The van der Waals surface area contributed by atoms with E-state index < -0.39 is 27.0 Å². The van der Waals surface area contributed by atoms with Gasteiger partial charge in [0.05, 0.1) is 6.07 Å². The highest BCUT2D eigenvalue weighted by Crippen LogP contribution is 2.49. The van der Waals surface area contributed by atoms with Crippen molar-refractivity contribution in [2.75, 3.05) is 0 Å². The smallest absolute Gasteiger partial charge is 0.211 e. The van der Waals surface area contributed by atoms with Crippen molar-refractivity contribution < 1.29 is 21.6 Å². The zero-order chi connectivity index (χ0) is 12.6. The maximum atomic E-state index is 12.5. The minimum Gasteiger partial charge on any atom is -0.211 e. The van der Waals surface area contributed by atoms with E-state index >= 15 is 0 Å². The fourth-order valence-corrected chi connectivity index (χ4v) is 2.88. The Labute approximate surface area is 91.5 Å². The third-order valence-corrected chi connectivity index (χ3v) is 4.38. The maximum absolute atomic E-state index is 12.5. The lowest BCUT2D eigenvalue weighted by molar-refractivity contribution is -0.160. The summed E-state index contributed by atoms with van der Waals surface area (Å²) in [4.78, 5) is 0. The Morgan fingerprint density at radius 3 is 2.25 bits per heavy atom. The van der Waals surface area contributed by atoms with Gasteiger partial charge in [0, 0.05) is 0 Å². The van der Waals surface area contributed by atoms with Gasteiger partial charge in [-0.05, 0) is 19.3 Å². The number of alkyl halides is 3. The number of sulfonamides is 1. The second-order valence-electron chi connectivity index (χ2n) is 3.75. The molecule has 0 aromatic carbocycles. The second-order valence-corrected chi connectivity index (χ2v) is 5.62. The van der Waals surface area contributed by atoms with Gasteiger partial charge in [-0.1, -0.05) is 6.92 Å². The second kappa shape index (κ2) is 3.89. The van der Waals surface area contributed by atoms with Gasteiger partial charge in [0.1, 0.15) is 5.54 Å². The monoisotopic (exact) mass is 256 g/mol. The quantitative estimate of drug-likeness (QED) is 0.824. The summed E-state index contributed by atoms with van der Waals surface area (Å²) in [5.41, 5.74) is -2.34. The first-order valence-corrected chi connectivity index (χ1v) is 6.22. The van der Waals surface area contributed by atoms with E-state index in [1.54, 1.807) is 4.72 Å². The van der Waals surface area contributed by atoms with Crippen LogP contribution in [0.4, 0.5) is 13.2 Å². The Bertz CT molecular complexity index is 406. The lowest BCUT2D eigenvalue weighted by Gasteiger charge is -2.21. The topological polar surface area (TPSA) is 70.0 Å². The lowest BCUT2D eigenvalue weighted by Crippen LogP contribution is -2.50. The van der Waals surface area contributed by atoms with Crippen molar-refractivity contribution in [2.24, 2.45) is 0 Å². The summed E-state index contributed by atoms with van der Waals surface area (Å²) in [5.74, 6) is 0. The van der Waals surface area contributed by atoms with E-state index in [9.17, 15) is 21.6 Å². The van der Waals surface area contributed by atoms with Crippen LogP contribution in [0.15, 0.2) is 0 Å². The van der Waals surface area contributed by atoms with Crippen LogP contribution in [0.5, 0.6) is 0 Å². The normalized spacial score (nSPS) is 21.2. The minimum absolute atomic E-state index is 0.0419. The number of nitrogens with one attached hydrogen (secondary N) is 1. The van der Waals surface area contributed by atoms with Crippen LogP contribution in [0.25, 0.3) is 0 Å². The maximum Gasteiger partial charge on any atom is 0.407 e. The number of hydrogen-bond donors (Lipinski definition) is 1. The third kappa shape index (κ3) is 2.30. The van der Waals surface area contributed by atoms with E-state index in [1.165, 1.54) is 13.0 Å². The molecule has 1 fully saturated rings. The van der Waals surface area contributed by atoms with Crippen LogP contribution < -0.4 is 4.72 Å². The summed E-state index contributed by atoms with van der Waals surface area (Å²) in [7, 11) is -4.23. The Morgan fingerprint density at radius 1 is 1.50 bits per heavy atom. The predicted molar refractivity (Wildman–Crippen MR) is 49.8 cm³/mol. The molecule has 0 saturated heterocycles. The first-order chi connectivity index (χ1) is 7.18. The van der Waals surface area contributed by atoms with Crippen LogP contribution in [0.1, 0.15) is 26.2 Å². The van der Waals surface area contributed by atoms with Crippen LogP contribution in [-0.4, -0.2) is 25.4 Å². The molecule has 1 N–H and O–H groups in total. The van der Waals surface area contributed by atoms with Gasteiger partial charge in [-0.15, -0.1) is 0 Å². The van der Waals surface area contributed by atoms with Gasteiger partial charge in [-0.2, -0.15) is 23.2 Å². The van der Waals surface area contributed by atoms with Gasteiger partial charge in [0.25, 0.3) is 0 Å². The summed E-state index contributed by atoms with van der Waals surface area (Å²) in [6.07, 6.45) is -5.18. The molecule has 0 aromatic heterocycles. The van der Waals surface area contributed by atoms with Crippen molar-refractivity contribution in [1.29, 1.82) is 5.26 Å². The van der Waals surface area contributed by atoms with Crippen LogP contribution in [0.3, 0.4) is 0 Å². The van der Waals surface area contributed by atoms with E-state index in [2.05, 4.69) is 0 Å². The van der Waals surface area contributed by atoms with E-state index in [4.69, 9.17) is 5.26 Å². The Balaban J connectivity index is 2.87. The average Bonchev–Trinajstić information content (AvgIpc) is 2.84. The molecule has 0 spiro atoms. The number of rotatable bonds is 4. The Hall–Kier alpha value is -0.810. The summed E-state index contributed by atoms with van der Waals surface area (Å²) in [6.45, 7) is 1.43. The molecule has 0 heterocycles. The van der Waals surface area contributed by atoms with Crippen molar-refractivity contribution in [3.8, 4) is 6.07 Å². The van der Waals surface area contributed by atoms with E-state index in [0.29, 0.717) is 0 Å². The first kappa shape index (κ1) is 13.3. The summed E-state index contributed by atoms with van der Waals surface area (Å²) >= 11 is 0. The summed E-state index contributed by atoms with van der Waals surface area (Å²) in [6, 6.07) is 1.48. The molecule has 1 atom stereocenters. The average molecular weight is 256 g/mol. The Kier molecular flexibility index (Phi) is 3.22. The molecule has 1 aliphatic carbocycles. The van der Waals surface area contributed by atoms with Gasteiger partial charge in [-0.25, -0.2) is 8.42 Å². The molecule has 1 aliphatic rings. The molecule has 0 aromatic rings. The van der Waals surface area contributed by atoms with E-state index in [0.717, 1.165) is 0 Å². The highest BCUT2D eigenvalue weighted by Gasteiger charge is 2.65. The molecule has 0 radical (unpaired) electrons. The molecule has 0 bridgehead atoms. The van der Waals surface area contributed by atoms with Gasteiger partial charge in [0.2, 0.25) is 10.0 Å². The molecule has 0 amide bonds. The van der Waals surface area contributed by atoms with E-state index in [-0.39, 0.29) is 19.3 Å². The Morgan fingerprint density at radius 2 is 2.00 bits per heavy atom. The van der Waals surface area contributed by atoms with Gasteiger partial charge >= 0.3 is 6.18 Å². The number of halogens is 3. The van der Waals surface area contributed by atoms with Crippen LogP contribution in [-0.2, 0) is 10.0 Å². The molecule has 0 aliphatic heterocycles. The standard InChI is InChI=1S/C8H11F3N2O2S/c1-2-6(5-12)16(14,15)13-7(3-4-7)8(9,10)11/h6,13H,2-4H2,1H3. The van der Waals surface area contributed by atoms with Crippen LogP contribution in [0.2, 0.25) is 0 Å². The fourth-order valence-electron chi connectivity index (χ4n) is 1.29.